The number of hydrogen-bond donors (Lipinski definition) is 0. The van der Waals surface area contributed by atoms with E-state index in [1.54, 1.807) is 19.1 Å². The first-order valence-electron chi connectivity index (χ1n) is 9.61. The number of amides is 1. The van der Waals surface area contributed by atoms with Gasteiger partial charge in [0.25, 0.3) is 0 Å². The average Bonchev–Trinajstić information content (AvgIpc) is 3.02. The normalized spacial score (nSPS) is 17.3. The third-order valence-corrected chi connectivity index (χ3v) is 5.84. The maximum absolute atomic E-state index is 12.6. The van der Waals surface area contributed by atoms with E-state index < -0.39 is 0 Å². The van der Waals surface area contributed by atoms with Crippen LogP contribution in [0.3, 0.4) is 0 Å². The second-order valence-corrected chi connectivity index (χ2v) is 7.88. The second kappa shape index (κ2) is 8.78. The zero-order chi connectivity index (χ0) is 19.4. The van der Waals surface area contributed by atoms with Gasteiger partial charge in [-0.3, -0.25) is 4.79 Å². The van der Waals surface area contributed by atoms with Gasteiger partial charge >= 0.3 is 5.97 Å². The lowest BCUT2D eigenvalue weighted by Crippen LogP contribution is -2.40. The van der Waals surface area contributed by atoms with Crippen LogP contribution >= 0.6 is 11.8 Å². The summed E-state index contributed by atoms with van der Waals surface area (Å²) in [6.07, 6.45) is 2.28. The summed E-state index contributed by atoms with van der Waals surface area (Å²) in [6, 6.07) is 5.43. The minimum Gasteiger partial charge on any atom is -0.462 e. The van der Waals surface area contributed by atoms with Crippen molar-refractivity contribution in [2.24, 2.45) is 5.92 Å². The second-order valence-electron chi connectivity index (χ2n) is 6.94. The summed E-state index contributed by atoms with van der Waals surface area (Å²) in [6.45, 7) is 8.86. The number of fused-ring (bicyclic) bond motifs is 1. The molecule has 1 amide bonds. The molecule has 27 heavy (non-hydrogen) atoms. The number of imidazole rings is 1. The summed E-state index contributed by atoms with van der Waals surface area (Å²) in [5.74, 6) is 0.803. The molecule has 0 bridgehead atoms. The Hall–Kier alpha value is -2.02. The Balaban J connectivity index is 1.75. The summed E-state index contributed by atoms with van der Waals surface area (Å²) in [4.78, 5) is 31.1. The van der Waals surface area contributed by atoms with Crippen LogP contribution in [0.5, 0.6) is 0 Å². The summed E-state index contributed by atoms with van der Waals surface area (Å²) < 4.78 is 7.15. The fraction of sp³-hybridized carbons (Fsp3) is 0.550. The van der Waals surface area contributed by atoms with Gasteiger partial charge in [-0.15, -0.1) is 0 Å². The van der Waals surface area contributed by atoms with Gasteiger partial charge in [0.1, 0.15) is 0 Å². The van der Waals surface area contributed by atoms with Crippen molar-refractivity contribution in [1.82, 2.24) is 14.5 Å². The van der Waals surface area contributed by atoms with Gasteiger partial charge in [0.2, 0.25) is 5.91 Å². The monoisotopic (exact) mass is 389 g/mol. The van der Waals surface area contributed by atoms with Crippen LogP contribution in [0.25, 0.3) is 11.0 Å². The van der Waals surface area contributed by atoms with E-state index in [4.69, 9.17) is 4.74 Å². The van der Waals surface area contributed by atoms with E-state index in [-0.39, 0.29) is 11.9 Å². The van der Waals surface area contributed by atoms with Gasteiger partial charge in [-0.05, 0) is 50.8 Å². The molecule has 0 radical (unpaired) electrons. The van der Waals surface area contributed by atoms with Crippen molar-refractivity contribution in [3.05, 3.63) is 23.8 Å². The van der Waals surface area contributed by atoms with Gasteiger partial charge < -0.3 is 14.2 Å². The number of esters is 1. The van der Waals surface area contributed by atoms with Gasteiger partial charge in [0.15, 0.2) is 5.16 Å². The van der Waals surface area contributed by atoms with Crippen molar-refractivity contribution in [2.45, 2.75) is 45.3 Å². The smallest absolute Gasteiger partial charge is 0.338 e. The van der Waals surface area contributed by atoms with E-state index in [1.165, 1.54) is 18.2 Å². The molecule has 0 N–H and O–H groups in total. The number of aromatic nitrogens is 2. The van der Waals surface area contributed by atoms with Crippen molar-refractivity contribution in [3.63, 3.8) is 0 Å². The number of thioether (sulfide) groups is 1. The third kappa shape index (κ3) is 4.46. The number of likely N-dealkylation sites (tertiary alicyclic amines) is 1. The lowest BCUT2D eigenvalue weighted by molar-refractivity contribution is -0.130. The fourth-order valence-corrected chi connectivity index (χ4v) is 4.48. The number of piperidine rings is 1. The molecule has 0 aliphatic carbocycles. The standard InChI is InChI=1S/C20H27N3O3S/c1-4-23-17-9-8-15(19(25)26-5-2)11-16(17)21-20(23)27-13-18(24)22-10-6-7-14(3)12-22/h8-9,11,14H,4-7,10,12-13H2,1-3H3. The predicted octanol–water partition coefficient (Wildman–Crippen LogP) is 3.58. The highest BCUT2D eigenvalue weighted by Gasteiger charge is 2.22. The lowest BCUT2D eigenvalue weighted by atomic mass is 10.0. The Morgan fingerprint density at radius 2 is 2.15 bits per heavy atom. The van der Waals surface area contributed by atoms with E-state index >= 15 is 0 Å². The van der Waals surface area contributed by atoms with E-state index in [9.17, 15) is 9.59 Å². The Morgan fingerprint density at radius 1 is 1.33 bits per heavy atom. The number of benzene rings is 1. The molecule has 1 aromatic heterocycles. The van der Waals surface area contributed by atoms with Crippen LogP contribution in [0.4, 0.5) is 0 Å². The summed E-state index contributed by atoms with van der Waals surface area (Å²) in [5, 5.41) is 0.812. The van der Waals surface area contributed by atoms with E-state index in [0.29, 0.717) is 23.8 Å². The van der Waals surface area contributed by atoms with E-state index in [0.717, 1.165) is 42.2 Å². The fourth-order valence-electron chi connectivity index (χ4n) is 3.50. The Labute approximate surface area is 164 Å². The van der Waals surface area contributed by atoms with E-state index in [1.807, 2.05) is 11.0 Å². The topological polar surface area (TPSA) is 64.4 Å². The predicted molar refractivity (Wildman–Crippen MR) is 107 cm³/mol. The summed E-state index contributed by atoms with van der Waals surface area (Å²) >= 11 is 1.47. The minimum absolute atomic E-state index is 0.175. The van der Waals surface area contributed by atoms with Gasteiger partial charge in [0, 0.05) is 19.6 Å². The van der Waals surface area contributed by atoms with Crippen LogP contribution in [0.15, 0.2) is 23.4 Å². The molecular formula is C20H27N3O3S. The number of carbonyl (C=O) groups excluding carboxylic acids is 2. The lowest BCUT2D eigenvalue weighted by Gasteiger charge is -2.30. The molecule has 2 heterocycles. The maximum Gasteiger partial charge on any atom is 0.338 e. The molecule has 1 atom stereocenters. The van der Waals surface area contributed by atoms with Gasteiger partial charge in [-0.25, -0.2) is 9.78 Å². The van der Waals surface area contributed by atoms with Gasteiger partial charge in [-0.2, -0.15) is 0 Å². The Morgan fingerprint density at radius 3 is 2.85 bits per heavy atom. The zero-order valence-electron chi connectivity index (χ0n) is 16.2. The molecule has 0 saturated carbocycles. The Bertz CT molecular complexity index is 833. The molecule has 146 valence electrons. The number of ether oxygens (including phenoxy) is 1. The number of hydrogen-bond acceptors (Lipinski definition) is 5. The van der Waals surface area contributed by atoms with Crippen molar-refractivity contribution in [3.8, 4) is 0 Å². The number of aryl methyl sites for hydroxylation is 1. The van der Waals surface area contributed by atoms with Crippen LogP contribution in [0.1, 0.15) is 44.0 Å². The first-order valence-corrected chi connectivity index (χ1v) is 10.6. The number of rotatable bonds is 6. The summed E-state index contributed by atoms with van der Waals surface area (Å²) in [7, 11) is 0. The molecule has 6 nitrogen and oxygen atoms in total. The van der Waals surface area contributed by atoms with Gasteiger partial charge in [-0.1, -0.05) is 18.7 Å². The van der Waals surface area contributed by atoms with Crippen LogP contribution in [-0.2, 0) is 16.1 Å². The molecule has 1 aromatic carbocycles. The average molecular weight is 390 g/mol. The first-order chi connectivity index (χ1) is 13.0. The van der Waals surface area contributed by atoms with Crippen LogP contribution in [0, 0.1) is 5.92 Å². The van der Waals surface area contributed by atoms with Crippen LogP contribution in [0.2, 0.25) is 0 Å². The molecule has 7 heteroatoms. The van der Waals surface area contributed by atoms with Crippen molar-refractivity contribution in [2.75, 3.05) is 25.4 Å². The first kappa shape index (κ1) is 19.7. The molecular weight excluding hydrogens is 362 g/mol. The van der Waals surface area contributed by atoms with Gasteiger partial charge in [0.05, 0.1) is 29.0 Å². The molecule has 0 spiro atoms. The Kier molecular flexibility index (Phi) is 6.42. The quantitative estimate of drug-likeness (QED) is 0.558. The number of carbonyl (C=O) groups is 2. The van der Waals surface area contributed by atoms with Crippen molar-refractivity contribution >= 4 is 34.7 Å². The van der Waals surface area contributed by atoms with Crippen molar-refractivity contribution in [1.29, 1.82) is 0 Å². The highest BCUT2D eigenvalue weighted by molar-refractivity contribution is 7.99. The minimum atomic E-state index is -0.339. The highest BCUT2D eigenvalue weighted by atomic mass is 32.2. The number of nitrogens with zero attached hydrogens (tertiary/aromatic N) is 3. The highest BCUT2D eigenvalue weighted by Crippen LogP contribution is 2.26. The van der Waals surface area contributed by atoms with Crippen LogP contribution < -0.4 is 0 Å². The van der Waals surface area contributed by atoms with E-state index in [2.05, 4.69) is 23.4 Å². The molecule has 1 fully saturated rings. The molecule has 2 aromatic rings. The zero-order valence-corrected chi connectivity index (χ0v) is 17.1. The third-order valence-electron chi connectivity index (χ3n) is 4.88. The van der Waals surface area contributed by atoms with Crippen LogP contribution in [-0.4, -0.2) is 51.8 Å². The molecule has 1 aliphatic heterocycles. The largest absolute Gasteiger partial charge is 0.462 e. The molecule has 1 saturated heterocycles. The maximum atomic E-state index is 12.6. The molecule has 1 unspecified atom stereocenters. The summed E-state index contributed by atoms with van der Waals surface area (Å²) in [5.41, 5.74) is 2.22. The molecule has 3 rings (SSSR count). The van der Waals surface area contributed by atoms with Crippen molar-refractivity contribution < 1.29 is 14.3 Å². The molecule has 1 aliphatic rings. The SMILES string of the molecule is CCOC(=O)c1ccc2c(c1)nc(SCC(=O)N1CCCC(C)C1)n2CC.